The minimum atomic E-state index is -3.04. The molecule has 2 N–H and O–H groups in total. The van der Waals surface area contributed by atoms with Gasteiger partial charge in [0.2, 0.25) is 0 Å². The van der Waals surface area contributed by atoms with Gasteiger partial charge in [-0.25, -0.2) is 18.4 Å². The van der Waals surface area contributed by atoms with Crippen LogP contribution in [0.2, 0.25) is 0 Å². The summed E-state index contributed by atoms with van der Waals surface area (Å²) in [5, 5.41) is 17.0. The van der Waals surface area contributed by atoms with Gasteiger partial charge in [0.05, 0.1) is 28.5 Å². The maximum atomic E-state index is 12.0. The molecule has 3 heterocycles. The topological polar surface area (TPSA) is 131 Å². The number of likely N-dealkylation sites (N-methyl/N-ethyl adjacent to an activating group) is 1. The van der Waals surface area contributed by atoms with E-state index in [9.17, 15) is 13.5 Å². The Kier molecular flexibility index (Phi) is 7.39. The van der Waals surface area contributed by atoms with Gasteiger partial charge in [-0.2, -0.15) is 0 Å². The number of aromatic nitrogens is 3. The van der Waals surface area contributed by atoms with Crippen molar-refractivity contribution in [3.8, 4) is 28.4 Å². The van der Waals surface area contributed by atoms with Crippen molar-refractivity contribution in [2.45, 2.75) is 26.9 Å². The summed E-state index contributed by atoms with van der Waals surface area (Å²) in [5.41, 5.74) is 3.80. The minimum absolute atomic E-state index is 0.0880. The minimum Gasteiger partial charge on any atom is -0.491 e. The Morgan fingerprint density at radius 2 is 1.94 bits per heavy atom. The summed E-state index contributed by atoms with van der Waals surface area (Å²) in [5.74, 6) is 2.59. The number of benzene rings is 1. The lowest BCUT2D eigenvalue weighted by molar-refractivity contribution is 0.108. The van der Waals surface area contributed by atoms with Gasteiger partial charge in [-0.15, -0.1) is 0 Å². The predicted octanol–water partition coefficient (Wildman–Crippen LogP) is 1.92. The lowest BCUT2D eigenvalue weighted by Gasteiger charge is -2.29. The maximum absolute atomic E-state index is 12.0. The molecular weight excluding hydrogens is 470 g/mol. The molecule has 11 heteroatoms. The molecule has 0 saturated carbocycles. The highest BCUT2D eigenvalue weighted by atomic mass is 32.2. The van der Waals surface area contributed by atoms with Crippen molar-refractivity contribution in [3.05, 3.63) is 41.3 Å². The standard InChI is InChI=1S/C24H31N5O5S/c1-15-22(21-16(2)28-34-17(21)3)26-23(27-24(15)29-8-10-35(31,32)11-9-29)18-6-5-7-20(12-18)33-14-19(30)13-25-4/h5-7,12,19,25,30H,8-11,13-14H2,1-4H3. The van der Waals surface area contributed by atoms with Crippen LogP contribution in [-0.4, -0.2) is 79.5 Å². The molecule has 188 valence electrons. The third-order valence-corrected chi connectivity index (χ3v) is 7.62. The van der Waals surface area contributed by atoms with E-state index in [0.29, 0.717) is 48.5 Å². The second-order valence-electron chi connectivity index (χ2n) is 8.73. The number of aliphatic hydroxyl groups excluding tert-OH is 1. The predicted molar refractivity (Wildman–Crippen MR) is 133 cm³/mol. The molecule has 0 spiro atoms. The molecule has 35 heavy (non-hydrogen) atoms. The van der Waals surface area contributed by atoms with Crippen LogP contribution in [0.25, 0.3) is 22.6 Å². The van der Waals surface area contributed by atoms with Crippen molar-refractivity contribution in [1.82, 2.24) is 20.4 Å². The van der Waals surface area contributed by atoms with Crippen molar-refractivity contribution in [3.63, 3.8) is 0 Å². The zero-order valence-corrected chi connectivity index (χ0v) is 21.2. The molecule has 1 atom stereocenters. The van der Waals surface area contributed by atoms with Crippen molar-refractivity contribution in [2.24, 2.45) is 0 Å². The first-order chi connectivity index (χ1) is 16.7. The molecule has 10 nitrogen and oxygen atoms in total. The van der Waals surface area contributed by atoms with Gasteiger partial charge < -0.3 is 24.6 Å². The highest BCUT2D eigenvalue weighted by Crippen LogP contribution is 2.35. The van der Waals surface area contributed by atoms with E-state index in [1.54, 1.807) is 7.05 Å². The van der Waals surface area contributed by atoms with Crippen molar-refractivity contribution >= 4 is 15.7 Å². The Labute approximate surface area is 205 Å². The molecule has 0 radical (unpaired) electrons. The van der Waals surface area contributed by atoms with Crippen LogP contribution >= 0.6 is 0 Å². The summed E-state index contributed by atoms with van der Waals surface area (Å²) >= 11 is 0. The summed E-state index contributed by atoms with van der Waals surface area (Å²) in [4.78, 5) is 11.7. The molecule has 1 aliphatic heterocycles. The van der Waals surface area contributed by atoms with Gasteiger partial charge in [-0.1, -0.05) is 17.3 Å². The number of nitrogens with one attached hydrogen (secondary N) is 1. The number of aliphatic hydroxyl groups is 1. The quantitative estimate of drug-likeness (QED) is 0.472. The number of sulfone groups is 1. The van der Waals surface area contributed by atoms with Crippen LogP contribution in [-0.2, 0) is 9.84 Å². The second kappa shape index (κ2) is 10.3. The van der Waals surface area contributed by atoms with E-state index < -0.39 is 15.9 Å². The van der Waals surface area contributed by atoms with Crippen LogP contribution in [0, 0.1) is 20.8 Å². The van der Waals surface area contributed by atoms with Gasteiger partial charge >= 0.3 is 0 Å². The second-order valence-corrected chi connectivity index (χ2v) is 11.0. The third kappa shape index (κ3) is 5.63. The van der Waals surface area contributed by atoms with Gasteiger partial charge in [0.15, 0.2) is 15.7 Å². The highest BCUT2D eigenvalue weighted by molar-refractivity contribution is 7.91. The zero-order chi connectivity index (χ0) is 25.2. The number of hydrogen-bond acceptors (Lipinski definition) is 10. The summed E-state index contributed by atoms with van der Waals surface area (Å²) in [7, 11) is -1.27. The third-order valence-electron chi connectivity index (χ3n) is 6.01. The molecular formula is C24H31N5O5S. The summed E-state index contributed by atoms with van der Waals surface area (Å²) < 4.78 is 35.2. The Morgan fingerprint density at radius 3 is 2.60 bits per heavy atom. The van der Waals surface area contributed by atoms with Crippen molar-refractivity contribution in [1.29, 1.82) is 0 Å². The smallest absolute Gasteiger partial charge is 0.162 e. The molecule has 1 fully saturated rings. The number of nitrogens with zero attached hydrogens (tertiary/aromatic N) is 4. The fourth-order valence-electron chi connectivity index (χ4n) is 4.14. The van der Waals surface area contributed by atoms with Crippen LogP contribution in [0.15, 0.2) is 28.8 Å². The largest absolute Gasteiger partial charge is 0.491 e. The molecule has 0 aliphatic carbocycles. The van der Waals surface area contributed by atoms with Gasteiger partial charge in [-0.05, 0) is 40.0 Å². The van der Waals surface area contributed by atoms with E-state index in [4.69, 9.17) is 19.2 Å². The average molecular weight is 502 g/mol. The molecule has 3 aromatic rings. The molecule has 1 aliphatic rings. The first kappa shape index (κ1) is 25.1. The Morgan fingerprint density at radius 1 is 1.20 bits per heavy atom. The van der Waals surface area contributed by atoms with Crippen LogP contribution in [0.1, 0.15) is 17.0 Å². The molecule has 0 bridgehead atoms. The zero-order valence-electron chi connectivity index (χ0n) is 20.4. The Bertz CT molecular complexity index is 1270. The Hall–Kier alpha value is -3.02. The molecule has 2 aromatic heterocycles. The first-order valence-electron chi connectivity index (χ1n) is 11.5. The van der Waals surface area contributed by atoms with Gasteiger partial charge in [0.25, 0.3) is 0 Å². The van der Waals surface area contributed by atoms with Gasteiger partial charge in [0, 0.05) is 30.8 Å². The molecule has 1 saturated heterocycles. The SMILES string of the molecule is CNCC(O)COc1cccc(-c2nc(-c3c(C)noc3C)c(C)c(N3CCS(=O)(=O)CC3)n2)c1. The van der Waals surface area contributed by atoms with Crippen LogP contribution in [0.3, 0.4) is 0 Å². The van der Waals surface area contributed by atoms with Crippen molar-refractivity contribution in [2.75, 3.05) is 49.7 Å². The van der Waals surface area contributed by atoms with E-state index in [0.717, 1.165) is 22.4 Å². The van der Waals surface area contributed by atoms with E-state index >= 15 is 0 Å². The van der Waals surface area contributed by atoms with E-state index in [-0.39, 0.29) is 18.1 Å². The molecule has 0 amide bonds. The van der Waals surface area contributed by atoms with Crippen molar-refractivity contribution < 1.29 is 22.8 Å². The highest BCUT2D eigenvalue weighted by Gasteiger charge is 2.27. The fraction of sp³-hybridized carbons (Fsp3) is 0.458. The van der Waals surface area contributed by atoms with Gasteiger partial charge in [0.1, 0.15) is 30.0 Å². The lowest BCUT2D eigenvalue weighted by atomic mass is 10.0. The van der Waals surface area contributed by atoms with Gasteiger partial charge in [-0.3, -0.25) is 0 Å². The number of aryl methyl sites for hydroxylation is 2. The molecule has 1 unspecified atom stereocenters. The number of rotatable bonds is 8. The Balaban J connectivity index is 1.76. The molecule has 4 rings (SSSR count). The fourth-order valence-corrected chi connectivity index (χ4v) is 5.34. The average Bonchev–Trinajstić information content (AvgIpc) is 3.16. The van der Waals surface area contributed by atoms with Crippen LogP contribution < -0.4 is 15.0 Å². The van der Waals surface area contributed by atoms with E-state index in [1.165, 1.54) is 0 Å². The number of hydrogen-bond donors (Lipinski definition) is 2. The number of ether oxygens (including phenoxy) is 1. The van der Waals surface area contributed by atoms with E-state index in [1.807, 2.05) is 49.9 Å². The summed E-state index contributed by atoms with van der Waals surface area (Å²) in [6, 6.07) is 7.39. The normalized spacial score (nSPS) is 16.3. The van der Waals surface area contributed by atoms with Crippen LogP contribution in [0.5, 0.6) is 5.75 Å². The number of anilines is 1. The first-order valence-corrected chi connectivity index (χ1v) is 13.3. The van der Waals surface area contributed by atoms with Crippen LogP contribution in [0.4, 0.5) is 5.82 Å². The maximum Gasteiger partial charge on any atom is 0.162 e. The summed E-state index contributed by atoms with van der Waals surface area (Å²) in [6.45, 7) is 6.96. The lowest BCUT2D eigenvalue weighted by Crippen LogP contribution is -2.41. The monoisotopic (exact) mass is 501 g/mol. The van der Waals surface area contributed by atoms with E-state index in [2.05, 4.69) is 10.5 Å². The molecule has 1 aromatic carbocycles. The summed E-state index contributed by atoms with van der Waals surface area (Å²) in [6.07, 6.45) is -0.632.